The first-order chi connectivity index (χ1) is 15.2. The molecule has 8 nitrogen and oxygen atoms in total. The number of hydrogen-bond donors (Lipinski definition) is 2. The Balaban J connectivity index is 1.26. The fourth-order valence-corrected chi connectivity index (χ4v) is 5.90. The number of rotatable bonds is 7. The minimum Gasteiger partial charge on any atom is -0.493 e. The fraction of sp³-hybridized carbons (Fsp3) is 0.591. The molecule has 1 aromatic rings. The van der Waals surface area contributed by atoms with E-state index in [1.807, 2.05) is 0 Å². The number of ether oxygens (including phenoxy) is 3. The van der Waals surface area contributed by atoms with Crippen molar-refractivity contribution in [2.24, 2.45) is 17.8 Å². The zero-order valence-corrected chi connectivity index (χ0v) is 17.7. The third-order valence-electron chi connectivity index (χ3n) is 6.62. The van der Waals surface area contributed by atoms with Gasteiger partial charge in [0.1, 0.15) is 0 Å². The number of imide groups is 1. The van der Waals surface area contributed by atoms with Crippen LogP contribution in [0.1, 0.15) is 48.9 Å². The second-order valence-electron chi connectivity index (χ2n) is 9.02. The third-order valence-corrected chi connectivity index (χ3v) is 6.62. The molecule has 1 aromatic carbocycles. The molecule has 4 aliphatic carbocycles. The zero-order chi connectivity index (χ0) is 22.9. The summed E-state index contributed by atoms with van der Waals surface area (Å²) in [6, 6.07) is 2.93. The van der Waals surface area contributed by atoms with Gasteiger partial charge in [0.15, 0.2) is 18.1 Å². The van der Waals surface area contributed by atoms with Gasteiger partial charge in [-0.3, -0.25) is 10.1 Å². The fourth-order valence-electron chi connectivity index (χ4n) is 5.90. The van der Waals surface area contributed by atoms with Crippen LogP contribution in [0.15, 0.2) is 18.2 Å². The van der Waals surface area contributed by atoms with Gasteiger partial charge in [0.05, 0.1) is 12.7 Å². The summed E-state index contributed by atoms with van der Waals surface area (Å²) in [5, 5.41) is 5.23. The summed E-state index contributed by atoms with van der Waals surface area (Å²) in [6.45, 7) is -3.71. The molecule has 2 N–H and O–H groups in total. The summed E-state index contributed by atoms with van der Waals surface area (Å²) in [6.07, 6.45) is 6.54. The van der Waals surface area contributed by atoms with E-state index in [2.05, 4.69) is 15.4 Å². The Morgan fingerprint density at radius 1 is 1.06 bits per heavy atom. The van der Waals surface area contributed by atoms with E-state index in [1.54, 1.807) is 0 Å². The molecule has 0 unspecified atom stereocenters. The van der Waals surface area contributed by atoms with Crippen LogP contribution in [0.5, 0.6) is 11.5 Å². The Morgan fingerprint density at radius 2 is 1.69 bits per heavy atom. The first-order valence-corrected chi connectivity index (χ1v) is 10.7. The molecule has 0 atom stereocenters. The summed E-state index contributed by atoms with van der Waals surface area (Å²) < 4.78 is 39.0. The predicted octanol–water partition coefficient (Wildman–Crippen LogP) is 3.25. The Kier molecular flexibility index (Phi) is 6.21. The molecule has 4 fully saturated rings. The number of carbonyl (C=O) groups excluding carboxylic acids is 3. The highest BCUT2D eigenvalue weighted by Crippen LogP contribution is 2.55. The average Bonchev–Trinajstić information content (AvgIpc) is 2.70. The lowest BCUT2D eigenvalue weighted by Gasteiger charge is -2.56. The number of benzene rings is 1. The number of esters is 1. The molecule has 3 amide bonds. The molecule has 174 valence electrons. The van der Waals surface area contributed by atoms with E-state index in [-0.39, 0.29) is 22.6 Å². The van der Waals surface area contributed by atoms with Gasteiger partial charge in [0, 0.05) is 5.54 Å². The molecule has 0 aliphatic heterocycles. The largest absolute Gasteiger partial charge is 0.493 e. The van der Waals surface area contributed by atoms with Crippen LogP contribution in [-0.2, 0) is 9.53 Å². The third kappa shape index (κ3) is 4.94. The highest BCUT2D eigenvalue weighted by molar-refractivity contribution is 5.97. The standard InChI is InChI=1S/C22H26F2N2O6/c1-30-17-7-15(2-3-16(17)32-20(23)24)19(28)31-11-18(27)25-21(29)26-22-8-12-4-13(9-22)6-14(5-12)10-22/h2-3,7,12-14,20H,4-6,8-11H2,1H3,(H2,25,26,27,29). The van der Waals surface area contributed by atoms with Gasteiger partial charge in [-0.15, -0.1) is 0 Å². The van der Waals surface area contributed by atoms with Crippen molar-refractivity contribution in [3.05, 3.63) is 23.8 Å². The topological polar surface area (TPSA) is 103 Å². The van der Waals surface area contributed by atoms with Crippen LogP contribution in [0.3, 0.4) is 0 Å². The lowest BCUT2D eigenvalue weighted by molar-refractivity contribution is -0.123. The SMILES string of the molecule is COc1cc(C(=O)OCC(=O)NC(=O)NC23CC4CC(CC(C4)C2)C3)ccc1OC(F)F. The van der Waals surface area contributed by atoms with Gasteiger partial charge in [-0.1, -0.05) is 0 Å². The second kappa shape index (κ2) is 8.91. The Hall–Kier alpha value is -2.91. The van der Waals surface area contributed by atoms with E-state index in [1.165, 1.54) is 32.4 Å². The van der Waals surface area contributed by atoms with E-state index in [0.29, 0.717) is 17.8 Å². The molecular formula is C22H26F2N2O6. The van der Waals surface area contributed by atoms with Crippen LogP contribution in [0.2, 0.25) is 0 Å². The molecule has 4 bridgehead atoms. The quantitative estimate of drug-likeness (QED) is 0.616. The number of halogens is 2. The highest BCUT2D eigenvalue weighted by Gasteiger charge is 2.51. The van der Waals surface area contributed by atoms with Gasteiger partial charge in [0.2, 0.25) is 0 Å². The Bertz CT molecular complexity index is 871. The van der Waals surface area contributed by atoms with Crippen molar-refractivity contribution >= 4 is 17.9 Å². The van der Waals surface area contributed by atoms with E-state index in [0.717, 1.165) is 31.4 Å². The summed E-state index contributed by atoms with van der Waals surface area (Å²) in [5.41, 5.74) is -0.261. The van der Waals surface area contributed by atoms with Gasteiger partial charge < -0.3 is 19.5 Å². The molecule has 0 heterocycles. The molecular weight excluding hydrogens is 426 g/mol. The molecule has 5 rings (SSSR count). The molecule has 32 heavy (non-hydrogen) atoms. The number of hydrogen-bond acceptors (Lipinski definition) is 6. The van der Waals surface area contributed by atoms with Crippen LogP contribution in [0, 0.1) is 17.8 Å². The highest BCUT2D eigenvalue weighted by atomic mass is 19.3. The number of carbonyl (C=O) groups is 3. The van der Waals surface area contributed by atoms with Crippen molar-refractivity contribution in [2.45, 2.75) is 50.7 Å². The maximum atomic E-state index is 12.4. The van der Waals surface area contributed by atoms with Crippen LogP contribution in [-0.4, -0.2) is 43.8 Å². The first-order valence-electron chi connectivity index (χ1n) is 10.7. The molecule has 0 saturated heterocycles. The first kappa shape index (κ1) is 22.3. The number of amides is 3. The van der Waals surface area contributed by atoms with Crippen LogP contribution < -0.4 is 20.1 Å². The number of urea groups is 1. The molecule has 4 aliphatic rings. The molecule has 0 radical (unpaired) electrons. The van der Waals surface area contributed by atoms with Crippen molar-refractivity contribution < 1.29 is 37.4 Å². The van der Waals surface area contributed by atoms with Gasteiger partial charge in [0.25, 0.3) is 5.91 Å². The van der Waals surface area contributed by atoms with Crippen molar-refractivity contribution in [2.75, 3.05) is 13.7 Å². The van der Waals surface area contributed by atoms with Crippen LogP contribution >= 0.6 is 0 Å². The second-order valence-corrected chi connectivity index (χ2v) is 9.02. The molecule has 10 heteroatoms. The van der Waals surface area contributed by atoms with Crippen molar-refractivity contribution in [1.82, 2.24) is 10.6 Å². The molecule has 4 saturated carbocycles. The number of nitrogens with one attached hydrogen (secondary N) is 2. The minimum atomic E-state index is -3.05. The van der Waals surface area contributed by atoms with Gasteiger partial charge in [-0.25, -0.2) is 9.59 Å². The maximum Gasteiger partial charge on any atom is 0.387 e. The van der Waals surface area contributed by atoms with Gasteiger partial charge >= 0.3 is 18.6 Å². The maximum absolute atomic E-state index is 12.4. The summed E-state index contributed by atoms with van der Waals surface area (Å²) in [4.78, 5) is 36.7. The summed E-state index contributed by atoms with van der Waals surface area (Å²) in [5.74, 6) is -0.0148. The van der Waals surface area contributed by atoms with E-state index in [9.17, 15) is 23.2 Å². The number of methoxy groups -OCH3 is 1. The minimum absolute atomic E-state index is 0.0192. The zero-order valence-electron chi connectivity index (χ0n) is 17.7. The lowest BCUT2D eigenvalue weighted by atomic mass is 9.53. The predicted molar refractivity (Wildman–Crippen MR) is 107 cm³/mol. The normalized spacial score (nSPS) is 27.7. The van der Waals surface area contributed by atoms with E-state index < -0.39 is 31.1 Å². The Morgan fingerprint density at radius 3 is 2.25 bits per heavy atom. The molecule has 0 spiro atoms. The van der Waals surface area contributed by atoms with Gasteiger partial charge in [-0.2, -0.15) is 8.78 Å². The smallest absolute Gasteiger partial charge is 0.387 e. The van der Waals surface area contributed by atoms with Crippen molar-refractivity contribution in [1.29, 1.82) is 0 Å². The van der Waals surface area contributed by atoms with Crippen LogP contribution in [0.25, 0.3) is 0 Å². The van der Waals surface area contributed by atoms with Gasteiger partial charge in [-0.05, 0) is 74.5 Å². The van der Waals surface area contributed by atoms with Crippen molar-refractivity contribution in [3.8, 4) is 11.5 Å². The van der Waals surface area contributed by atoms with Crippen LogP contribution in [0.4, 0.5) is 13.6 Å². The summed E-state index contributed by atoms with van der Waals surface area (Å²) in [7, 11) is 1.23. The average molecular weight is 452 g/mol. The monoisotopic (exact) mass is 452 g/mol. The van der Waals surface area contributed by atoms with E-state index in [4.69, 9.17) is 9.47 Å². The summed E-state index contributed by atoms with van der Waals surface area (Å²) >= 11 is 0. The molecule has 0 aromatic heterocycles. The van der Waals surface area contributed by atoms with Crippen molar-refractivity contribution in [3.63, 3.8) is 0 Å². The van der Waals surface area contributed by atoms with E-state index >= 15 is 0 Å². The lowest BCUT2D eigenvalue weighted by Crippen LogP contribution is -2.62. The number of alkyl halides is 2. The Labute approximate surface area is 184 Å².